The third-order valence-corrected chi connectivity index (χ3v) is 4.80. The van der Waals surface area contributed by atoms with Gasteiger partial charge in [-0.3, -0.25) is 24.0 Å². The molecule has 0 rings (SSSR count). The molecule has 11 heteroatoms. The van der Waals surface area contributed by atoms with Gasteiger partial charge in [0.1, 0.15) is 12.1 Å². The Morgan fingerprint density at radius 1 is 0.800 bits per heavy atom. The van der Waals surface area contributed by atoms with Crippen molar-refractivity contribution in [3.8, 4) is 0 Å². The van der Waals surface area contributed by atoms with Gasteiger partial charge >= 0.3 is 0 Å². The highest BCUT2D eigenvalue weighted by molar-refractivity contribution is 7.98. The topological polar surface area (TPSA) is 146 Å². The van der Waals surface area contributed by atoms with Gasteiger partial charge in [-0.2, -0.15) is 11.8 Å². The Morgan fingerprint density at radius 2 is 1.37 bits per heavy atom. The van der Waals surface area contributed by atoms with E-state index in [0.717, 1.165) is 0 Å². The maximum atomic E-state index is 12.5. The zero-order chi connectivity index (χ0) is 23.3. The molecule has 5 N–H and O–H groups in total. The van der Waals surface area contributed by atoms with Crippen molar-refractivity contribution in [2.45, 2.75) is 46.2 Å². The van der Waals surface area contributed by atoms with Gasteiger partial charge in [-0.05, 0) is 25.5 Å². The minimum Gasteiger partial charge on any atom is -0.358 e. The summed E-state index contributed by atoms with van der Waals surface area (Å²) in [6.45, 7) is 6.88. The Bertz CT molecular complexity index is 614. The van der Waals surface area contributed by atoms with Gasteiger partial charge in [-0.1, -0.05) is 20.8 Å². The smallest absolute Gasteiger partial charge is 0.244 e. The van der Waals surface area contributed by atoms with Gasteiger partial charge in [0.2, 0.25) is 29.5 Å². The van der Waals surface area contributed by atoms with Crippen molar-refractivity contribution in [2.24, 2.45) is 11.8 Å². The molecule has 0 aliphatic heterocycles. The van der Waals surface area contributed by atoms with Gasteiger partial charge in [0, 0.05) is 18.7 Å². The fourth-order valence-corrected chi connectivity index (χ4v) is 3.11. The SMILES string of the molecule is CNC(=O)CNC(=O)[C@H](C)NC(=O)[C@H](CSC)NC(=O)CNC(=O)[C@@H](C)CC(C)C. The van der Waals surface area contributed by atoms with Crippen molar-refractivity contribution in [1.29, 1.82) is 0 Å². The molecule has 0 aromatic heterocycles. The van der Waals surface area contributed by atoms with Crippen LogP contribution in [0.1, 0.15) is 34.1 Å². The van der Waals surface area contributed by atoms with Gasteiger partial charge in [0.15, 0.2) is 0 Å². The molecule has 0 unspecified atom stereocenters. The summed E-state index contributed by atoms with van der Waals surface area (Å²) in [5, 5.41) is 12.4. The molecule has 0 aromatic rings. The molecule has 172 valence electrons. The number of nitrogens with one attached hydrogen (secondary N) is 5. The second kappa shape index (κ2) is 14.6. The molecule has 30 heavy (non-hydrogen) atoms. The number of hydrogen-bond acceptors (Lipinski definition) is 6. The third-order valence-electron chi connectivity index (χ3n) is 4.13. The van der Waals surface area contributed by atoms with Crippen LogP contribution in [0.3, 0.4) is 0 Å². The predicted octanol–water partition coefficient (Wildman–Crippen LogP) is -1.00. The Balaban J connectivity index is 4.63. The van der Waals surface area contributed by atoms with Crippen LogP contribution in [0, 0.1) is 11.8 Å². The van der Waals surface area contributed by atoms with Gasteiger partial charge in [-0.15, -0.1) is 0 Å². The first-order valence-electron chi connectivity index (χ1n) is 9.86. The summed E-state index contributed by atoms with van der Waals surface area (Å²) in [4.78, 5) is 59.8. The Kier molecular flexibility index (Phi) is 13.5. The molecule has 0 saturated heterocycles. The summed E-state index contributed by atoms with van der Waals surface area (Å²) < 4.78 is 0. The minimum absolute atomic E-state index is 0.199. The summed E-state index contributed by atoms with van der Waals surface area (Å²) in [5.41, 5.74) is 0. The standard InChI is InChI=1S/C19H35N5O5S/c1-11(2)7-12(3)17(27)21-9-16(26)24-14(10-30-6)19(29)23-13(4)18(28)22-8-15(25)20-5/h11-14H,7-10H2,1-6H3,(H,20,25)(H,21,27)(H,22,28)(H,23,29)(H,24,26)/t12-,13-,14-/m0/s1. The Hall–Kier alpha value is -2.30. The molecule has 0 saturated carbocycles. The Morgan fingerprint density at radius 3 is 1.90 bits per heavy atom. The van der Waals surface area contributed by atoms with E-state index in [-0.39, 0.29) is 30.8 Å². The van der Waals surface area contributed by atoms with Crippen molar-refractivity contribution < 1.29 is 24.0 Å². The first kappa shape index (κ1) is 27.7. The number of hydrogen-bond donors (Lipinski definition) is 5. The third kappa shape index (κ3) is 11.6. The lowest BCUT2D eigenvalue weighted by atomic mass is 9.98. The second-order valence-corrected chi connectivity index (χ2v) is 8.36. The minimum atomic E-state index is -0.889. The first-order chi connectivity index (χ1) is 14.0. The number of carbonyl (C=O) groups is 5. The highest BCUT2D eigenvalue weighted by Crippen LogP contribution is 2.10. The average Bonchev–Trinajstić information content (AvgIpc) is 2.68. The van der Waals surface area contributed by atoms with E-state index >= 15 is 0 Å². The maximum absolute atomic E-state index is 12.5. The molecule has 0 radical (unpaired) electrons. The normalized spacial score (nSPS) is 13.6. The summed E-state index contributed by atoms with van der Waals surface area (Å²) in [7, 11) is 1.45. The summed E-state index contributed by atoms with van der Waals surface area (Å²) in [5.74, 6) is -1.67. The van der Waals surface area contributed by atoms with Gasteiger partial charge in [-0.25, -0.2) is 0 Å². The van der Waals surface area contributed by atoms with Gasteiger partial charge in [0.05, 0.1) is 13.1 Å². The van der Waals surface area contributed by atoms with E-state index in [1.54, 1.807) is 13.2 Å². The molecule has 5 amide bonds. The van der Waals surface area contributed by atoms with Crippen molar-refractivity contribution in [3.63, 3.8) is 0 Å². The zero-order valence-electron chi connectivity index (χ0n) is 18.6. The number of rotatable bonds is 13. The number of thioether (sulfide) groups is 1. The molecule has 0 fully saturated rings. The first-order valence-corrected chi connectivity index (χ1v) is 11.3. The van der Waals surface area contributed by atoms with Crippen molar-refractivity contribution in [3.05, 3.63) is 0 Å². The summed E-state index contributed by atoms with van der Waals surface area (Å²) in [6.07, 6.45) is 2.49. The number of carbonyl (C=O) groups excluding carboxylic acids is 5. The van der Waals surface area contributed by atoms with E-state index in [1.807, 2.05) is 13.8 Å². The number of amides is 5. The van der Waals surface area contributed by atoms with Crippen LogP contribution in [-0.2, 0) is 24.0 Å². The van der Waals surface area contributed by atoms with E-state index < -0.39 is 29.8 Å². The monoisotopic (exact) mass is 445 g/mol. The largest absolute Gasteiger partial charge is 0.358 e. The fraction of sp³-hybridized carbons (Fsp3) is 0.737. The van der Waals surface area contributed by atoms with Crippen LogP contribution in [0.25, 0.3) is 0 Å². The predicted molar refractivity (Wildman–Crippen MR) is 117 cm³/mol. The Labute approximate surface area is 182 Å². The van der Waals surface area contributed by atoms with Crippen molar-refractivity contribution in [2.75, 3.05) is 32.1 Å². The molecule has 10 nitrogen and oxygen atoms in total. The fourth-order valence-electron chi connectivity index (χ4n) is 2.54. The summed E-state index contributed by atoms with van der Waals surface area (Å²) >= 11 is 1.35. The van der Waals surface area contributed by atoms with E-state index in [0.29, 0.717) is 18.1 Å². The molecular weight excluding hydrogens is 410 g/mol. The molecule has 0 heterocycles. The van der Waals surface area contributed by atoms with Gasteiger partial charge < -0.3 is 26.6 Å². The lowest BCUT2D eigenvalue weighted by molar-refractivity contribution is -0.132. The quantitative estimate of drug-likeness (QED) is 0.246. The molecule has 3 atom stereocenters. The van der Waals surface area contributed by atoms with Gasteiger partial charge in [0.25, 0.3) is 0 Å². The molecular formula is C19H35N5O5S. The highest BCUT2D eigenvalue weighted by atomic mass is 32.2. The highest BCUT2D eigenvalue weighted by Gasteiger charge is 2.24. The summed E-state index contributed by atoms with van der Waals surface area (Å²) in [6, 6.07) is -1.76. The maximum Gasteiger partial charge on any atom is 0.244 e. The van der Waals surface area contributed by atoms with Crippen LogP contribution in [0.15, 0.2) is 0 Å². The molecule has 0 aliphatic carbocycles. The number of likely N-dealkylation sites (N-methyl/N-ethyl adjacent to an activating group) is 1. The van der Waals surface area contributed by atoms with Crippen molar-refractivity contribution >= 4 is 41.3 Å². The van der Waals surface area contributed by atoms with E-state index in [4.69, 9.17) is 0 Å². The van der Waals surface area contributed by atoms with Crippen LogP contribution in [-0.4, -0.2) is 73.8 Å². The molecule has 0 aromatic carbocycles. The van der Waals surface area contributed by atoms with Crippen molar-refractivity contribution in [1.82, 2.24) is 26.6 Å². The van der Waals surface area contributed by atoms with Crippen LogP contribution in [0.4, 0.5) is 0 Å². The molecule has 0 bridgehead atoms. The van der Waals surface area contributed by atoms with E-state index in [2.05, 4.69) is 26.6 Å². The lowest BCUT2D eigenvalue weighted by Crippen LogP contribution is -2.55. The molecule has 0 spiro atoms. The van der Waals surface area contributed by atoms with Crippen LogP contribution >= 0.6 is 11.8 Å². The van der Waals surface area contributed by atoms with E-state index in [9.17, 15) is 24.0 Å². The van der Waals surface area contributed by atoms with E-state index in [1.165, 1.54) is 25.7 Å². The average molecular weight is 446 g/mol. The second-order valence-electron chi connectivity index (χ2n) is 7.45. The van der Waals surface area contributed by atoms with Crippen LogP contribution in [0.2, 0.25) is 0 Å². The molecule has 0 aliphatic rings. The lowest BCUT2D eigenvalue weighted by Gasteiger charge is -2.21. The van der Waals surface area contributed by atoms with Crippen LogP contribution < -0.4 is 26.6 Å². The van der Waals surface area contributed by atoms with Crippen LogP contribution in [0.5, 0.6) is 0 Å². The zero-order valence-corrected chi connectivity index (χ0v) is 19.4.